The van der Waals surface area contributed by atoms with Gasteiger partial charge in [-0.05, 0) is 61.9 Å². The van der Waals surface area contributed by atoms with Gasteiger partial charge >= 0.3 is 0 Å². The summed E-state index contributed by atoms with van der Waals surface area (Å²) >= 11 is 0. The Balaban J connectivity index is 1.77. The maximum atomic E-state index is 5.79. The van der Waals surface area contributed by atoms with Crippen molar-refractivity contribution < 1.29 is 4.74 Å². The Hall–Kier alpha value is -1.06. The Bertz CT molecular complexity index is 400. The quantitative estimate of drug-likeness (QED) is 0.740. The zero-order valence-electron chi connectivity index (χ0n) is 12.1. The molecule has 1 saturated carbocycles. The lowest BCUT2D eigenvalue weighted by Crippen LogP contribution is -2.41. The number of methoxy groups -OCH3 is 1. The summed E-state index contributed by atoms with van der Waals surface area (Å²) in [4.78, 5) is 0. The Kier molecular flexibility index (Phi) is 5.23. The molecule has 0 atom stereocenters. The number of benzene rings is 1. The van der Waals surface area contributed by atoms with E-state index in [2.05, 4.69) is 30.4 Å². The van der Waals surface area contributed by atoms with Crippen molar-refractivity contribution in [3.63, 3.8) is 0 Å². The first-order valence-corrected chi connectivity index (χ1v) is 7.35. The van der Waals surface area contributed by atoms with E-state index >= 15 is 0 Å². The van der Waals surface area contributed by atoms with Gasteiger partial charge < -0.3 is 15.8 Å². The molecule has 0 amide bonds. The Labute approximate surface area is 116 Å². The number of ether oxygens (including phenoxy) is 1. The van der Waals surface area contributed by atoms with Gasteiger partial charge in [0.25, 0.3) is 0 Å². The highest BCUT2D eigenvalue weighted by Crippen LogP contribution is 2.24. The maximum Gasteiger partial charge on any atom is 0.122 e. The van der Waals surface area contributed by atoms with Gasteiger partial charge in [-0.25, -0.2) is 0 Å². The third-order valence-corrected chi connectivity index (χ3v) is 4.03. The Morgan fingerprint density at radius 3 is 2.79 bits per heavy atom. The second-order valence-electron chi connectivity index (χ2n) is 5.55. The van der Waals surface area contributed by atoms with E-state index in [4.69, 9.17) is 10.5 Å². The standard InChI is InChI=1S/C16H26N2O/c1-3-12-4-5-16(19-2)14(8-12)6-7-18-11-13-9-15(17)10-13/h4-5,8,13,15,18H,3,6-7,9-11,17H2,1-2H3. The van der Waals surface area contributed by atoms with Crippen LogP contribution in [0.4, 0.5) is 0 Å². The van der Waals surface area contributed by atoms with E-state index in [9.17, 15) is 0 Å². The lowest BCUT2D eigenvalue weighted by Gasteiger charge is -2.32. The van der Waals surface area contributed by atoms with Crippen molar-refractivity contribution >= 4 is 0 Å². The zero-order valence-corrected chi connectivity index (χ0v) is 12.1. The molecule has 2 rings (SSSR count). The molecule has 0 saturated heterocycles. The molecular formula is C16H26N2O. The summed E-state index contributed by atoms with van der Waals surface area (Å²) < 4.78 is 5.43. The number of nitrogens with one attached hydrogen (secondary N) is 1. The van der Waals surface area contributed by atoms with Crippen molar-refractivity contribution in [2.24, 2.45) is 11.7 Å². The van der Waals surface area contributed by atoms with Crippen molar-refractivity contribution in [3.8, 4) is 5.75 Å². The number of nitrogens with two attached hydrogens (primary N) is 1. The van der Waals surface area contributed by atoms with Crippen LogP contribution in [0.5, 0.6) is 5.75 Å². The molecule has 1 aromatic carbocycles. The molecule has 3 heteroatoms. The van der Waals surface area contributed by atoms with E-state index in [1.54, 1.807) is 7.11 Å². The summed E-state index contributed by atoms with van der Waals surface area (Å²) in [5, 5.41) is 3.53. The van der Waals surface area contributed by atoms with E-state index in [1.807, 2.05) is 0 Å². The third-order valence-electron chi connectivity index (χ3n) is 4.03. The fraction of sp³-hybridized carbons (Fsp3) is 0.625. The van der Waals surface area contributed by atoms with E-state index in [0.29, 0.717) is 6.04 Å². The number of rotatable bonds is 7. The molecule has 1 fully saturated rings. The van der Waals surface area contributed by atoms with Gasteiger partial charge in [0.2, 0.25) is 0 Å². The number of hydrogen-bond donors (Lipinski definition) is 2. The Morgan fingerprint density at radius 1 is 1.37 bits per heavy atom. The van der Waals surface area contributed by atoms with Crippen molar-refractivity contribution in [3.05, 3.63) is 29.3 Å². The lowest BCUT2D eigenvalue weighted by atomic mass is 9.81. The molecule has 0 spiro atoms. The number of hydrogen-bond acceptors (Lipinski definition) is 3. The monoisotopic (exact) mass is 262 g/mol. The summed E-state index contributed by atoms with van der Waals surface area (Å²) in [6.45, 7) is 4.29. The van der Waals surface area contributed by atoms with Crippen molar-refractivity contribution in [1.29, 1.82) is 0 Å². The molecule has 1 aliphatic carbocycles. The molecule has 3 N–H and O–H groups in total. The van der Waals surface area contributed by atoms with Gasteiger partial charge in [-0.3, -0.25) is 0 Å². The Morgan fingerprint density at radius 2 is 2.16 bits per heavy atom. The van der Waals surface area contributed by atoms with Crippen LogP contribution in [0.3, 0.4) is 0 Å². The first kappa shape index (κ1) is 14.4. The van der Waals surface area contributed by atoms with Gasteiger partial charge in [0.05, 0.1) is 7.11 Å². The molecule has 1 aliphatic rings. The minimum absolute atomic E-state index is 0.452. The minimum atomic E-state index is 0.452. The summed E-state index contributed by atoms with van der Waals surface area (Å²) in [5.41, 5.74) is 8.47. The van der Waals surface area contributed by atoms with Crippen LogP contribution in [0.25, 0.3) is 0 Å². The van der Waals surface area contributed by atoms with Crippen LogP contribution in [0.2, 0.25) is 0 Å². The van der Waals surface area contributed by atoms with Gasteiger partial charge in [-0.1, -0.05) is 19.1 Å². The minimum Gasteiger partial charge on any atom is -0.496 e. The molecular weight excluding hydrogens is 236 g/mol. The first-order valence-electron chi connectivity index (χ1n) is 7.35. The highest BCUT2D eigenvalue weighted by atomic mass is 16.5. The average molecular weight is 262 g/mol. The van der Waals surface area contributed by atoms with Crippen LogP contribution in [0, 0.1) is 5.92 Å². The summed E-state index contributed by atoms with van der Waals surface area (Å²) in [6, 6.07) is 6.94. The summed E-state index contributed by atoms with van der Waals surface area (Å²) in [6.07, 6.45) is 4.46. The lowest BCUT2D eigenvalue weighted by molar-refractivity contribution is 0.257. The second kappa shape index (κ2) is 6.92. The maximum absolute atomic E-state index is 5.79. The summed E-state index contributed by atoms with van der Waals surface area (Å²) in [5.74, 6) is 1.79. The van der Waals surface area contributed by atoms with Crippen LogP contribution >= 0.6 is 0 Å². The van der Waals surface area contributed by atoms with Gasteiger partial charge in [0, 0.05) is 6.04 Å². The predicted octanol–water partition coefficient (Wildman–Crippen LogP) is 2.13. The van der Waals surface area contributed by atoms with Crippen LogP contribution in [-0.4, -0.2) is 26.2 Å². The van der Waals surface area contributed by atoms with Crippen molar-refractivity contribution in [2.45, 2.75) is 38.6 Å². The molecule has 0 bridgehead atoms. The third kappa shape index (κ3) is 3.95. The normalized spacial score (nSPS) is 22.1. The fourth-order valence-electron chi connectivity index (χ4n) is 2.73. The molecule has 0 unspecified atom stereocenters. The molecule has 0 aromatic heterocycles. The first-order chi connectivity index (χ1) is 9.22. The van der Waals surface area contributed by atoms with Gasteiger partial charge in [-0.15, -0.1) is 0 Å². The zero-order chi connectivity index (χ0) is 13.7. The molecule has 0 heterocycles. The van der Waals surface area contributed by atoms with E-state index in [1.165, 1.54) is 24.0 Å². The smallest absolute Gasteiger partial charge is 0.122 e. The van der Waals surface area contributed by atoms with Gasteiger partial charge in [-0.2, -0.15) is 0 Å². The largest absolute Gasteiger partial charge is 0.496 e. The van der Waals surface area contributed by atoms with Crippen molar-refractivity contribution in [1.82, 2.24) is 5.32 Å². The second-order valence-corrected chi connectivity index (χ2v) is 5.55. The fourth-order valence-corrected chi connectivity index (χ4v) is 2.73. The van der Waals surface area contributed by atoms with Gasteiger partial charge in [0.1, 0.15) is 5.75 Å². The SMILES string of the molecule is CCc1ccc(OC)c(CCNCC2CC(N)C2)c1. The molecule has 0 radical (unpaired) electrons. The van der Waals surface area contributed by atoms with Crippen LogP contribution < -0.4 is 15.8 Å². The molecule has 106 valence electrons. The number of aryl methyl sites for hydroxylation is 1. The van der Waals surface area contributed by atoms with Gasteiger partial charge in [0.15, 0.2) is 0 Å². The highest BCUT2D eigenvalue weighted by molar-refractivity contribution is 5.37. The van der Waals surface area contributed by atoms with E-state index in [0.717, 1.165) is 37.6 Å². The molecule has 1 aromatic rings. The highest BCUT2D eigenvalue weighted by Gasteiger charge is 2.24. The van der Waals surface area contributed by atoms with E-state index < -0.39 is 0 Å². The van der Waals surface area contributed by atoms with Crippen molar-refractivity contribution in [2.75, 3.05) is 20.2 Å². The van der Waals surface area contributed by atoms with Crippen LogP contribution in [0.1, 0.15) is 30.9 Å². The molecule has 19 heavy (non-hydrogen) atoms. The van der Waals surface area contributed by atoms with E-state index in [-0.39, 0.29) is 0 Å². The average Bonchev–Trinajstić information content (AvgIpc) is 2.40. The topological polar surface area (TPSA) is 47.3 Å². The van der Waals surface area contributed by atoms with Crippen LogP contribution in [-0.2, 0) is 12.8 Å². The predicted molar refractivity (Wildman–Crippen MR) is 79.6 cm³/mol. The summed E-state index contributed by atoms with van der Waals surface area (Å²) in [7, 11) is 1.74. The molecule has 0 aliphatic heterocycles. The molecule has 3 nitrogen and oxygen atoms in total. The van der Waals surface area contributed by atoms with Crippen LogP contribution in [0.15, 0.2) is 18.2 Å².